The molecule has 2 aromatic carbocycles. The minimum absolute atomic E-state index is 0.618. The Balaban J connectivity index is 2.18. The standard InChI is InChI=1S/C20H22N2O/c1-5-23-20-19-14(2)7-6-8-17(19)18(13-21-20)15-9-11-16(12-10-15)22(3)4/h6-13H,5H2,1-4H3. The van der Waals surface area contributed by atoms with Crippen molar-refractivity contribution < 1.29 is 4.74 Å². The Bertz CT molecular complexity index is 823. The van der Waals surface area contributed by atoms with Crippen LogP contribution in [0.2, 0.25) is 0 Å². The smallest absolute Gasteiger partial charge is 0.221 e. The molecule has 0 fully saturated rings. The van der Waals surface area contributed by atoms with Crippen molar-refractivity contribution in [3.8, 4) is 17.0 Å². The SMILES string of the molecule is CCOc1ncc(-c2ccc(N(C)C)cc2)c2cccc(C)c12. The molecule has 1 heterocycles. The number of aryl methyl sites for hydroxylation is 1. The first-order valence-electron chi connectivity index (χ1n) is 7.90. The van der Waals surface area contributed by atoms with Gasteiger partial charge in [-0.05, 0) is 42.5 Å². The van der Waals surface area contributed by atoms with Crippen molar-refractivity contribution in [2.24, 2.45) is 0 Å². The fraction of sp³-hybridized carbons (Fsp3) is 0.250. The highest BCUT2D eigenvalue weighted by Crippen LogP contribution is 2.35. The van der Waals surface area contributed by atoms with E-state index in [1.807, 2.05) is 27.2 Å². The third-order valence-corrected chi connectivity index (χ3v) is 4.06. The topological polar surface area (TPSA) is 25.4 Å². The van der Waals surface area contributed by atoms with Crippen LogP contribution in [0.15, 0.2) is 48.7 Å². The Morgan fingerprint density at radius 3 is 2.43 bits per heavy atom. The van der Waals surface area contributed by atoms with Crippen molar-refractivity contribution in [1.29, 1.82) is 0 Å². The van der Waals surface area contributed by atoms with Crippen LogP contribution in [0.3, 0.4) is 0 Å². The minimum Gasteiger partial charge on any atom is -0.478 e. The summed E-state index contributed by atoms with van der Waals surface area (Å²) in [5, 5.41) is 2.28. The lowest BCUT2D eigenvalue weighted by Crippen LogP contribution is -2.07. The van der Waals surface area contributed by atoms with Gasteiger partial charge in [0.15, 0.2) is 0 Å². The van der Waals surface area contributed by atoms with Gasteiger partial charge in [0.05, 0.1) is 6.61 Å². The molecule has 3 aromatic rings. The molecule has 0 unspecified atom stereocenters. The number of pyridine rings is 1. The van der Waals surface area contributed by atoms with Gasteiger partial charge in [0.2, 0.25) is 5.88 Å². The predicted octanol–water partition coefficient (Wildman–Crippen LogP) is 4.67. The lowest BCUT2D eigenvalue weighted by atomic mass is 9.98. The Hall–Kier alpha value is -2.55. The second kappa shape index (κ2) is 6.29. The Morgan fingerprint density at radius 2 is 1.78 bits per heavy atom. The summed E-state index contributed by atoms with van der Waals surface area (Å²) in [4.78, 5) is 6.66. The fourth-order valence-electron chi connectivity index (χ4n) is 2.85. The van der Waals surface area contributed by atoms with Crippen molar-refractivity contribution in [3.63, 3.8) is 0 Å². The number of hydrogen-bond donors (Lipinski definition) is 0. The summed E-state index contributed by atoms with van der Waals surface area (Å²) in [6.45, 7) is 4.71. The molecule has 0 spiro atoms. The van der Waals surface area contributed by atoms with Crippen LogP contribution in [0.5, 0.6) is 5.88 Å². The highest BCUT2D eigenvalue weighted by molar-refractivity contribution is 6.00. The summed E-state index contributed by atoms with van der Waals surface area (Å²) in [6.07, 6.45) is 1.91. The molecule has 0 saturated heterocycles. The largest absolute Gasteiger partial charge is 0.478 e. The number of aromatic nitrogens is 1. The van der Waals surface area contributed by atoms with Gasteiger partial charge in [-0.15, -0.1) is 0 Å². The second-order valence-corrected chi connectivity index (χ2v) is 5.85. The van der Waals surface area contributed by atoms with E-state index in [1.165, 1.54) is 22.2 Å². The number of hydrogen-bond acceptors (Lipinski definition) is 3. The van der Waals surface area contributed by atoms with E-state index in [0.717, 1.165) is 10.9 Å². The van der Waals surface area contributed by atoms with Gasteiger partial charge >= 0.3 is 0 Å². The summed E-state index contributed by atoms with van der Waals surface area (Å²) in [7, 11) is 4.10. The van der Waals surface area contributed by atoms with E-state index >= 15 is 0 Å². The average molecular weight is 306 g/mol. The highest BCUT2D eigenvalue weighted by atomic mass is 16.5. The van der Waals surface area contributed by atoms with Gasteiger partial charge in [0.1, 0.15) is 0 Å². The van der Waals surface area contributed by atoms with Crippen molar-refractivity contribution in [3.05, 3.63) is 54.2 Å². The molecule has 3 rings (SSSR count). The van der Waals surface area contributed by atoms with Gasteiger partial charge in [-0.3, -0.25) is 0 Å². The van der Waals surface area contributed by atoms with Crippen LogP contribution in [0, 0.1) is 6.92 Å². The van der Waals surface area contributed by atoms with E-state index in [1.54, 1.807) is 0 Å². The van der Waals surface area contributed by atoms with E-state index in [-0.39, 0.29) is 0 Å². The molecular weight excluding hydrogens is 284 g/mol. The quantitative estimate of drug-likeness (QED) is 0.700. The van der Waals surface area contributed by atoms with Gasteiger partial charge in [0, 0.05) is 36.9 Å². The number of nitrogens with zero attached hydrogens (tertiary/aromatic N) is 2. The Labute approximate surface area is 137 Å². The number of ether oxygens (including phenoxy) is 1. The van der Waals surface area contributed by atoms with Gasteiger partial charge in [-0.2, -0.15) is 0 Å². The van der Waals surface area contributed by atoms with Gasteiger partial charge < -0.3 is 9.64 Å². The zero-order chi connectivity index (χ0) is 16.4. The van der Waals surface area contributed by atoms with E-state index in [9.17, 15) is 0 Å². The van der Waals surface area contributed by atoms with E-state index in [2.05, 4.69) is 59.3 Å². The van der Waals surface area contributed by atoms with Crippen LogP contribution in [-0.4, -0.2) is 25.7 Å². The zero-order valence-corrected chi connectivity index (χ0v) is 14.1. The lowest BCUT2D eigenvalue weighted by Gasteiger charge is -2.15. The van der Waals surface area contributed by atoms with Crippen LogP contribution in [0.4, 0.5) is 5.69 Å². The van der Waals surface area contributed by atoms with Crippen molar-refractivity contribution in [2.75, 3.05) is 25.6 Å². The minimum atomic E-state index is 0.618. The molecule has 0 aliphatic carbocycles. The Kier molecular flexibility index (Phi) is 4.20. The number of benzene rings is 2. The molecule has 118 valence electrons. The van der Waals surface area contributed by atoms with E-state index in [0.29, 0.717) is 12.5 Å². The van der Waals surface area contributed by atoms with Crippen LogP contribution in [0.1, 0.15) is 12.5 Å². The number of rotatable bonds is 4. The maximum absolute atomic E-state index is 5.72. The summed E-state index contributed by atoms with van der Waals surface area (Å²) in [5.74, 6) is 0.717. The van der Waals surface area contributed by atoms with Crippen LogP contribution in [0.25, 0.3) is 21.9 Å². The lowest BCUT2D eigenvalue weighted by molar-refractivity contribution is 0.331. The monoisotopic (exact) mass is 306 g/mol. The first-order valence-corrected chi connectivity index (χ1v) is 7.90. The molecule has 0 radical (unpaired) electrons. The van der Waals surface area contributed by atoms with Crippen molar-refractivity contribution in [1.82, 2.24) is 4.98 Å². The molecule has 0 aliphatic rings. The molecule has 23 heavy (non-hydrogen) atoms. The maximum atomic E-state index is 5.72. The first kappa shape index (κ1) is 15.3. The predicted molar refractivity (Wildman–Crippen MR) is 97.4 cm³/mol. The van der Waals surface area contributed by atoms with Crippen LogP contribution >= 0.6 is 0 Å². The molecule has 0 atom stereocenters. The summed E-state index contributed by atoms with van der Waals surface area (Å²) in [5.41, 5.74) is 4.68. The normalized spacial score (nSPS) is 10.8. The van der Waals surface area contributed by atoms with Gasteiger partial charge in [0.25, 0.3) is 0 Å². The molecule has 0 saturated carbocycles. The highest BCUT2D eigenvalue weighted by Gasteiger charge is 2.12. The van der Waals surface area contributed by atoms with Crippen LogP contribution < -0.4 is 9.64 Å². The molecule has 1 aromatic heterocycles. The average Bonchev–Trinajstić information content (AvgIpc) is 2.55. The summed E-state index contributed by atoms with van der Waals surface area (Å²) in [6, 6.07) is 14.9. The third-order valence-electron chi connectivity index (χ3n) is 4.06. The van der Waals surface area contributed by atoms with Gasteiger partial charge in [-0.25, -0.2) is 4.98 Å². The molecule has 0 aliphatic heterocycles. The maximum Gasteiger partial charge on any atom is 0.221 e. The van der Waals surface area contributed by atoms with Crippen LogP contribution in [-0.2, 0) is 0 Å². The molecule has 0 bridgehead atoms. The third kappa shape index (κ3) is 2.87. The fourth-order valence-corrected chi connectivity index (χ4v) is 2.85. The molecule has 3 heteroatoms. The second-order valence-electron chi connectivity index (χ2n) is 5.85. The molecular formula is C20H22N2O. The van der Waals surface area contributed by atoms with E-state index in [4.69, 9.17) is 4.74 Å². The Morgan fingerprint density at radius 1 is 1.04 bits per heavy atom. The number of fused-ring (bicyclic) bond motifs is 1. The zero-order valence-electron chi connectivity index (χ0n) is 14.1. The van der Waals surface area contributed by atoms with Crippen molar-refractivity contribution >= 4 is 16.5 Å². The molecule has 0 N–H and O–H groups in total. The number of anilines is 1. The van der Waals surface area contributed by atoms with Gasteiger partial charge in [-0.1, -0.05) is 30.3 Å². The van der Waals surface area contributed by atoms with Crippen molar-refractivity contribution in [2.45, 2.75) is 13.8 Å². The van der Waals surface area contributed by atoms with E-state index < -0.39 is 0 Å². The first-order chi connectivity index (χ1) is 11.1. The summed E-state index contributed by atoms with van der Waals surface area (Å²) < 4.78 is 5.72. The molecule has 3 nitrogen and oxygen atoms in total. The summed E-state index contributed by atoms with van der Waals surface area (Å²) >= 11 is 0. The molecule has 0 amide bonds.